The van der Waals surface area contributed by atoms with E-state index in [1.165, 1.54) is 6.20 Å². The highest BCUT2D eigenvalue weighted by Gasteiger charge is 2.43. The summed E-state index contributed by atoms with van der Waals surface area (Å²) in [5, 5.41) is 7.97. The summed E-state index contributed by atoms with van der Waals surface area (Å²) in [7, 11) is 1.12. The Morgan fingerprint density at radius 2 is 1.74 bits per heavy atom. The van der Waals surface area contributed by atoms with Gasteiger partial charge in [0.25, 0.3) is 0 Å². The van der Waals surface area contributed by atoms with Crippen molar-refractivity contribution in [3.63, 3.8) is 0 Å². The van der Waals surface area contributed by atoms with Gasteiger partial charge in [0.1, 0.15) is 5.69 Å². The Bertz CT molecular complexity index is 1150. The van der Waals surface area contributed by atoms with Crippen LogP contribution in [0.4, 0.5) is 36.4 Å². The van der Waals surface area contributed by atoms with Crippen LogP contribution in [0.15, 0.2) is 45.9 Å². The van der Waals surface area contributed by atoms with Crippen LogP contribution in [0.2, 0.25) is 0 Å². The predicted octanol–water partition coefficient (Wildman–Crippen LogP) is 4.64. The van der Waals surface area contributed by atoms with Crippen LogP contribution in [0.1, 0.15) is 18.5 Å². The Morgan fingerprint density at radius 1 is 1.06 bits per heavy atom. The van der Waals surface area contributed by atoms with E-state index in [1.807, 2.05) is 4.90 Å². The summed E-state index contributed by atoms with van der Waals surface area (Å²) in [6.07, 6.45) is -5.51. The zero-order valence-electron chi connectivity index (χ0n) is 18.4. The maximum Gasteiger partial charge on any atom is 0.433 e. The lowest BCUT2D eigenvalue weighted by atomic mass is 9.92. The van der Waals surface area contributed by atoms with Crippen molar-refractivity contribution in [1.29, 1.82) is 0 Å². The molecular formula is C21H21F7N6O. The average molecular weight is 506 g/mol. The Kier molecular flexibility index (Phi) is 6.73. The van der Waals surface area contributed by atoms with Gasteiger partial charge in [0.2, 0.25) is 0 Å². The van der Waals surface area contributed by atoms with E-state index in [0.29, 0.717) is 29.5 Å². The molecule has 0 radical (unpaired) electrons. The summed E-state index contributed by atoms with van der Waals surface area (Å²) in [6.45, 7) is -0.846. The third-order valence-electron chi connectivity index (χ3n) is 6.09. The van der Waals surface area contributed by atoms with Crippen molar-refractivity contribution < 1.29 is 35.5 Å². The van der Waals surface area contributed by atoms with E-state index in [2.05, 4.69) is 25.1 Å². The molecule has 35 heavy (non-hydrogen) atoms. The van der Waals surface area contributed by atoms with Gasteiger partial charge in [0.15, 0.2) is 23.7 Å². The minimum atomic E-state index is -4.87. The topological polar surface area (TPSA) is 67.4 Å². The Hall–Kier alpha value is -3.19. The minimum absolute atomic E-state index is 0.0910. The number of aromatic nitrogens is 2. The Balaban J connectivity index is 1.64. The van der Waals surface area contributed by atoms with Gasteiger partial charge in [-0.25, -0.2) is 4.39 Å². The van der Waals surface area contributed by atoms with Crippen LogP contribution in [-0.2, 0) is 6.18 Å². The van der Waals surface area contributed by atoms with Crippen molar-refractivity contribution in [3.05, 3.63) is 47.6 Å². The first-order valence-electron chi connectivity index (χ1n) is 10.7. The third kappa shape index (κ3) is 5.40. The highest BCUT2D eigenvalue weighted by molar-refractivity contribution is 5.47. The third-order valence-corrected chi connectivity index (χ3v) is 6.09. The number of nitrogens with zero attached hydrogens (tertiary/aromatic N) is 6. The monoisotopic (exact) mass is 506 g/mol. The fourth-order valence-electron chi connectivity index (χ4n) is 4.62. The molecule has 2 bridgehead atoms. The molecule has 2 fully saturated rings. The number of hydrogen-bond acceptors (Lipinski definition) is 6. The van der Waals surface area contributed by atoms with Crippen molar-refractivity contribution >= 4 is 5.69 Å². The molecule has 0 amide bonds. The minimum Gasteiger partial charge on any atom is -0.480 e. The first-order valence-corrected chi connectivity index (χ1v) is 10.7. The summed E-state index contributed by atoms with van der Waals surface area (Å²) in [5.41, 5.74) is -1.41. The molecule has 4 rings (SSSR count). The fraction of sp³-hybridized carbons (Fsp3) is 0.524. The van der Waals surface area contributed by atoms with Gasteiger partial charge in [-0.2, -0.15) is 36.1 Å². The molecule has 2 aliphatic rings. The molecule has 190 valence electrons. The molecule has 2 aromatic rings. The van der Waals surface area contributed by atoms with Gasteiger partial charge >= 0.3 is 12.4 Å². The van der Waals surface area contributed by atoms with E-state index < -0.39 is 47.7 Å². The standard InChI is InChI=1S/C21H21F7N6O/c1-29-19-16(35-11-20(23,24)25)4-5-17(21(26,27)28)34(19)32-31-18-12-2-3-13(18)10-33(9-12)15-6-7-30-8-14(15)22/h4-8,12-13,18H,2-3,9-11H2,1H3/t12-,13+,18?. The van der Waals surface area contributed by atoms with Crippen LogP contribution in [0.3, 0.4) is 0 Å². The van der Waals surface area contributed by atoms with Crippen LogP contribution < -0.4 is 15.1 Å². The van der Waals surface area contributed by atoms with Gasteiger partial charge in [-0.15, -0.1) is 0 Å². The van der Waals surface area contributed by atoms with E-state index in [1.54, 1.807) is 6.07 Å². The van der Waals surface area contributed by atoms with Crippen LogP contribution in [0.5, 0.6) is 5.75 Å². The molecule has 1 unspecified atom stereocenters. The van der Waals surface area contributed by atoms with Gasteiger partial charge in [0, 0.05) is 38.2 Å². The number of fused-ring (bicyclic) bond motifs is 2. The lowest BCUT2D eigenvalue weighted by Gasteiger charge is -2.37. The highest BCUT2D eigenvalue weighted by atomic mass is 19.4. The van der Waals surface area contributed by atoms with Crippen molar-refractivity contribution in [2.75, 3.05) is 31.6 Å². The zero-order chi connectivity index (χ0) is 25.4. The smallest absolute Gasteiger partial charge is 0.433 e. The lowest BCUT2D eigenvalue weighted by molar-refractivity contribution is -0.154. The molecular weight excluding hydrogens is 485 g/mol. The Labute approximate surface area is 194 Å². The van der Waals surface area contributed by atoms with Gasteiger partial charge in [0.05, 0.1) is 17.9 Å². The summed E-state index contributed by atoms with van der Waals surface area (Å²) in [5.74, 6) is -1.16. The van der Waals surface area contributed by atoms with E-state index in [0.717, 1.165) is 32.2 Å². The number of alkyl halides is 6. The summed E-state index contributed by atoms with van der Waals surface area (Å²) in [6, 6.07) is 2.47. The van der Waals surface area contributed by atoms with Crippen LogP contribution >= 0.6 is 0 Å². The van der Waals surface area contributed by atoms with Gasteiger partial charge in [-0.3, -0.25) is 9.98 Å². The largest absolute Gasteiger partial charge is 0.480 e. The number of rotatable bonds is 5. The first kappa shape index (κ1) is 24.9. The summed E-state index contributed by atoms with van der Waals surface area (Å²) in [4.78, 5) is 9.28. The van der Waals surface area contributed by atoms with E-state index in [-0.39, 0.29) is 11.8 Å². The van der Waals surface area contributed by atoms with Gasteiger partial charge < -0.3 is 9.64 Å². The number of pyridine rings is 2. The normalized spacial score (nSPS) is 23.4. The molecule has 3 heterocycles. The predicted molar refractivity (Wildman–Crippen MR) is 109 cm³/mol. The number of hydrogen-bond donors (Lipinski definition) is 0. The van der Waals surface area contributed by atoms with Gasteiger partial charge in [-0.05, 0) is 31.0 Å². The van der Waals surface area contributed by atoms with Gasteiger partial charge in [-0.1, -0.05) is 5.22 Å². The van der Waals surface area contributed by atoms with Crippen molar-refractivity contribution in [3.8, 4) is 5.75 Å². The van der Waals surface area contributed by atoms with E-state index >= 15 is 0 Å². The quantitative estimate of drug-likeness (QED) is 0.438. The summed E-state index contributed by atoms with van der Waals surface area (Å²) < 4.78 is 97.9. The van der Waals surface area contributed by atoms with Crippen molar-refractivity contribution in [2.45, 2.75) is 31.2 Å². The second-order valence-electron chi connectivity index (χ2n) is 8.37. The molecule has 2 aromatic heterocycles. The van der Waals surface area contributed by atoms with Crippen LogP contribution in [0, 0.1) is 17.7 Å². The molecule has 1 aliphatic heterocycles. The highest BCUT2D eigenvalue weighted by Crippen LogP contribution is 2.41. The molecule has 7 nitrogen and oxygen atoms in total. The Morgan fingerprint density at radius 3 is 2.31 bits per heavy atom. The van der Waals surface area contributed by atoms with E-state index in [4.69, 9.17) is 0 Å². The number of ether oxygens (including phenoxy) is 1. The van der Waals surface area contributed by atoms with Crippen molar-refractivity contribution in [2.24, 2.45) is 27.2 Å². The summed E-state index contributed by atoms with van der Waals surface area (Å²) >= 11 is 0. The molecule has 3 atom stereocenters. The van der Waals surface area contributed by atoms with Crippen LogP contribution in [0.25, 0.3) is 0 Å². The molecule has 1 aliphatic carbocycles. The second-order valence-corrected chi connectivity index (χ2v) is 8.37. The second kappa shape index (κ2) is 9.46. The maximum absolute atomic E-state index is 14.2. The molecule has 14 heteroatoms. The van der Waals surface area contributed by atoms with Crippen LogP contribution in [-0.4, -0.2) is 48.6 Å². The van der Waals surface area contributed by atoms with E-state index in [9.17, 15) is 30.7 Å². The molecule has 0 spiro atoms. The van der Waals surface area contributed by atoms with Crippen molar-refractivity contribution in [1.82, 2.24) is 9.66 Å². The number of anilines is 1. The zero-order valence-corrected chi connectivity index (χ0v) is 18.4. The maximum atomic E-state index is 14.2. The number of halogens is 7. The SMILES string of the molecule is CN=c1c(OCC(F)(F)F)ccc(C(F)(F)F)n1N=NC1[C@@H]2CC[C@H]1CN(c1ccncc1F)C2. The number of piperidine rings is 1. The molecule has 0 aromatic carbocycles. The molecule has 0 N–H and O–H groups in total. The first-order chi connectivity index (χ1) is 16.5. The lowest BCUT2D eigenvalue weighted by Crippen LogP contribution is -2.44. The fourth-order valence-corrected chi connectivity index (χ4v) is 4.62. The molecule has 1 saturated heterocycles. The molecule has 1 saturated carbocycles. The average Bonchev–Trinajstić information content (AvgIpc) is 3.01.